The molecular formula is C26H23N3O6S. The summed E-state index contributed by atoms with van der Waals surface area (Å²) in [5.74, 6) is -1.37. The zero-order valence-electron chi connectivity index (χ0n) is 19.7. The van der Waals surface area contributed by atoms with E-state index in [0.717, 1.165) is 29.9 Å². The fraction of sp³-hybridized carbons (Fsp3) is 0.115. The fourth-order valence-electron chi connectivity index (χ4n) is 3.57. The molecule has 0 atom stereocenters. The molecule has 2 N–H and O–H groups in total. The molecule has 4 rings (SSSR count). The van der Waals surface area contributed by atoms with Crippen molar-refractivity contribution in [2.24, 2.45) is 4.99 Å². The van der Waals surface area contributed by atoms with Crippen LogP contribution in [0.3, 0.4) is 0 Å². The summed E-state index contributed by atoms with van der Waals surface area (Å²) >= 11 is 0. The van der Waals surface area contributed by atoms with Crippen LogP contribution in [0.1, 0.15) is 27.0 Å². The molecule has 0 radical (unpaired) electrons. The van der Waals surface area contributed by atoms with Gasteiger partial charge in [0.1, 0.15) is 0 Å². The second-order valence-corrected chi connectivity index (χ2v) is 9.82. The quantitative estimate of drug-likeness (QED) is 0.285. The van der Waals surface area contributed by atoms with Crippen molar-refractivity contribution in [1.29, 1.82) is 0 Å². The molecule has 3 aromatic carbocycles. The van der Waals surface area contributed by atoms with E-state index in [1.165, 1.54) is 23.0 Å². The van der Waals surface area contributed by atoms with Crippen LogP contribution in [-0.4, -0.2) is 42.6 Å². The van der Waals surface area contributed by atoms with Crippen molar-refractivity contribution in [3.8, 4) is 16.9 Å². The SMILES string of the molecule is COS(=O)(=O)c1ccc(N=Cc2c(-c3ccc(C)cc3)[nH]n(-c3ccc(C)cc3)c2=O)c(C(=O)O)c1. The molecule has 0 unspecified atom stereocenters. The first-order valence-electron chi connectivity index (χ1n) is 10.8. The van der Waals surface area contributed by atoms with Crippen LogP contribution in [0.25, 0.3) is 16.9 Å². The molecule has 10 heteroatoms. The third kappa shape index (κ3) is 4.90. The van der Waals surface area contributed by atoms with E-state index in [4.69, 9.17) is 0 Å². The molecule has 0 fully saturated rings. The highest BCUT2D eigenvalue weighted by Crippen LogP contribution is 2.26. The zero-order valence-corrected chi connectivity index (χ0v) is 20.5. The van der Waals surface area contributed by atoms with Crippen molar-refractivity contribution >= 4 is 28.0 Å². The van der Waals surface area contributed by atoms with Crippen molar-refractivity contribution in [1.82, 2.24) is 9.78 Å². The molecule has 0 bridgehead atoms. The van der Waals surface area contributed by atoms with Crippen LogP contribution in [-0.2, 0) is 14.3 Å². The highest BCUT2D eigenvalue weighted by molar-refractivity contribution is 7.86. The summed E-state index contributed by atoms with van der Waals surface area (Å²) in [6.07, 6.45) is 1.28. The maximum absolute atomic E-state index is 13.4. The molecule has 0 aliphatic carbocycles. The topological polar surface area (TPSA) is 131 Å². The highest BCUT2D eigenvalue weighted by Gasteiger charge is 2.20. The van der Waals surface area contributed by atoms with Crippen molar-refractivity contribution in [2.45, 2.75) is 18.7 Å². The molecule has 0 saturated carbocycles. The van der Waals surface area contributed by atoms with Gasteiger partial charge in [0.2, 0.25) is 0 Å². The molecule has 0 saturated heterocycles. The summed E-state index contributed by atoms with van der Waals surface area (Å²) in [5, 5.41) is 12.8. The van der Waals surface area contributed by atoms with Crippen LogP contribution >= 0.6 is 0 Å². The van der Waals surface area contributed by atoms with Crippen LogP contribution in [0.5, 0.6) is 0 Å². The molecule has 184 valence electrons. The third-order valence-electron chi connectivity index (χ3n) is 5.60. The number of nitrogens with zero attached hydrogens (tertiary/aromatic N) is 2. The second-order valence-electron chi connectivity index (χ2n) is 8.11. The average molecular weight is 506 g/mol. The predicted molar refractivity (Wildman–Crippen MR) is 136 cm³/mol. The molecular weight excluding hydrogens is 482 g/mol. The molecule has 4 aromatic rings. The Labute approximate surface area is 207 Å². The van der Waals surface area contributed by atoms with Gasteiger partial charge in [-0.2, -0.15) is 8.42 Å². The van der Waals surface area contributed by atoms with Crippen molar-refractivity contribution in [2.75, 3.05) is 7.11 Å². The summed E-state index contributed by atoms with van der Waals surface area (Å²) in [5.41, 5.74) is 3.41. The number of aryl methyl sites for hydroxylation is 2. The normalized spacial score (nSPS) is 11.8. The number of hydrogen-bond donors (Lipinski definition) is 2. The van der Waals surface area contributed by atoms with Gasteiger partial charge in [0.15, 0.2) is 0 Å². The standard InChI is InChI=1S/C26H23N3O6S/c1-16-4-8-18(9-5-16)24-22(25(30)29(28-24)19-10-6-17(2)7-11-19)15-27-23-13-12-20(36(33,34)35-3)14-21(23)26(31)32/h4-15,28H,1-3H3,(H,31,32). The van der Waals surface area contributed by atoms with Gasteiger partial charge in [-0.25, -0.2) is 9.48 Å². The number of aromatic carboxylic acids is 1. The Kier molecular flexibility index (Phi) is 6.73. The van der Waals surface area contributed by atoms with Gasteiger partial charge in [0, 0.05) is 11.8 Å². The number of hydrogen-bond acceptors (Lipinski definition) is 6. The number of benzene rings is 3. The van der Waals surface area contributed by atoms with Crippen molar-refractivity contribution in [3.05, 3.63) is 99.3 Å². The van der Waals surface area contributed by atoms with Gasteiger partial charge in [-0.05, 0) is 44.2 Å². The van der Waals surface area contributed by atoms with E-state index >= 15 is 0 Å². The molecule has 36 heavy (non-hydrogen) atoms. The number of aromatic nitrogens is 2. The number of carboxylic acid groups (broad SMARTS) is 1. The van der Waals surface area contributed by atoms with E-state index in [9.17, 15) is 23.1 Å². The summed E-state index contributed by atoms with van der Waals surface area (Å²) in [6, 6.07) is 18.4. The van der Waals surface area contributed by atoms with Gasteiger partial charge in [-0.1, -0.05) is 47.5 Å². The zero-order chi connectivity index (χ0) is 26.0. The number of rotatable bonds is 7. The van der Waals surface area contributed by atoms with E-state index in [-0.39, 0.29) is 27.3 Å². The Morgan fingerprint density at radius 2 is 1.61 bits per heavy atom. The van der Waals surface area contributed by atoms with E-state index in [2.05, 4.69) is 14.3 Å². The van der Waals surface area contributed by atoms with E-state index in [1.807, 2.05) is 62.4 Å². The van der Waals surface area contributed by atoms with Crippen molar-refractivity contribution in [3.63, 3.8) is 0 Å². The van der Waals surface area contributed by atoms with Crippen molar-refractivity contribution < 1.29 is 22.5 Å². The predicted octanol–water partition coefficient (Wildman–Crippen LogP) is 4.23. The lowest BCUT2D eigenvalue weighted by Crippen LogP contribution is -2.17. The summed E-state index contributed by atoms with van der Waals surface area (Å²) in [4.78, 5) is 29.2. The Morgan fingerprint density at radius 1 is 1.00 bits per heavy atom. The van der Waals surface area contributed by atoms with E-state index in [0.29, 0.717) is 11.4 Å². The Balaban J connectivity index is 1.87. The smallest absolute Gasteiger partial charge is 0.337 e. The number of carbonyl (C=O) groups is 1. The van der Waals surface area contributed by atoms with Gasteiger partial charge in [-0.15, -0.1) is 0 Å². The van der Waals surface area contributed by atoms with Crippen LogP contribution in [0, 0.1) is 13.8 Å². The van der Waals surface area contributed by atoms with Gasteiger partial charge < -0.3 is 5.11 Å². The van der Waals surface area contributed by atoms with Gasteiger partial charge in [0.05, 0.1) is 40.2 Å². The minimum Gasteiger partial charge on any atom is -0.478 e. The maximum Gasteiger partial charge on any atom is 0.337 e. The molecule has 0 aliphatic heterocycles. The molecule has 1 aromatic heterocycles. The van der Waals surface area contributed by atoms with Crippen LogP contribution in [0.4, 0.5) is 5.69 Å². The first-order chi connectivity index (χ1) is 17.1. The number of aromatic amines is 1. The van der Waals surface area contributed by atoms with E-state index in [1.54, 1.807) is 0 Å². The minimum absolute atomic E-state index is 0.0186. The minimum atomic E-state index is -4.10. The fourth-order valence-corrected chi connectivity index (χ4v) is 4.26. The maximum atomic E-state index is 13.4. The lowest BCUT2D eigenvalue weighted by atomic mass is 10.1. The van der Waals surface area contributed by atoms with E-state index < -0.39 is 16.1 Å². The molecule has 0 spiro atoms. The van der Waals surface area contributed by atoms with Crippen LogP contribution in [0.2, 0.25) is 0 Å². The lowest BCUT2D eigenvalue weighted by molar-refractivity contribution is 0.0697. The summed E-state index contributed by atoms with van der Waals surface area (Å²) in [7, 11) is -3.11. The van der Waals surface area contributed by atoms with Gasteiger partial charge in [0.25, 0.3) is 15.7 Å². The van der Waals surface area contributed by atoms with Crippen LogP contribution in [0.15, 0.2) is 81.4 Å². The first kappa shape index (κ1) is 24.8. The number of nitrogens with one attached hydrogen (secondary N) is 1. The van der Waals surface area contributed by atoms with Crippen LogP contribution < -0.4 is 5.56 Å². The molecule has 9 nitrogen and oxygen atoms in total. The molecule has 0 amide bonds. The summed E-state index contributed by atoms with van der Waals surface area (Å²) < 4.78 is 29.8. The van der Waals surface area contributed by atoms with Gasteiger partial charge >= 0.3 is 5.97 Å². The molecule has 0 aliphatic rings. The summed E-state index contributed by atoms with van der Waals surface area (Å²) in [6.45, 7) is 3.90. The number of carboxylic acids is 1. The lowest BCUT2D eigenvalue weighted by Gasteiger charge is -2.05. The number of aliphatic imine (C=N–C) groups is 1. The average Bonchev–Trinajstić information content (AvgIpc) is 3.19. The largest absolute Gasteiger partial charge is 0.478 e. The second kappa shape index (κ2) is 9.76. The Bertz CT molecular complexity index is 1630. The number of H-pyrrole nitrogens is 1. The Hall–Kier alpha value is -4.28. The highest BCUT2D eigenvalue weighted by atomic mass is 32.2. The third-order valence-corrected chi connectivity index (χ3v) is 6.87. The molecule has 1 heterocycles. The monoisotopic (exact) mass is 505 g/mol. The Morgan fingerprint density at radius 3 is 2.19 bits per heavy atom. The first-order valence-corrected chi connectivity index (χ1v) is 12.2. The van der Waals surface area contributed by atoms with Gasteiger partial charge in [-0.3, -0.25) is 19.1 Å².